The van der Waals surface area contributed by atoms with Gasteiger partial charge >= 0.3 is 0 Å². The van der Waals surface area contributed by atoms with Gasteiger partial charge in [-0.1, -0.05) is 0 Å². The van der Waals surface area contributed by atoms with Gasteiger partial charge in [0.1, 0.15) is 34.6 Å². The van der Waals surface area contributed by atoms with Crippen LogP contribution in [0.25, 0.3) is 11.0 Å². The fraction of sp³-hybridized carbons (Fsp3) is 0.429. The van der Waals surface area contributed by atoms with Gasteiger partial charge in [-0.15, -0.1) is 0 Å². The van der Waals surface area contributed by atoms with Crippen LogP contribution in [-0.4, -0.2) is 60.2 Å². The lowest BCUT2D eigenvalue weighted by Crippen LogP contribution is -2.44. The van der Waals surface area contributed by atoms with E-state index in [1.165, 1.54) is 6.92 Å². The fourth-order valence-electron chi connectivity index (χ4n) is 3.03. The molecule has 26 heavy (non-hydrogen) atoms. The molecule has 3 heterocycles. The van der Waals surface area contributed by atoms with Gasteiger partial charge in [0.25, 0.3) is 5.91 Å². The van der Waals surface area contributed by atoms with Crippen molar-refractivity contribution in [1.29, 1.82) is 0 Å². The Labute approximate surface area is 145 Å². The van der Waals surface area contributed by atoms with Crippen molar-refractivity contribution >= 4 is 28.7 Å². The Morgan fingerprint density at radius 3 is 2.62 bits per heavy atom. The van der Waals surface area contributed by atoms with Crippen molar-refractivity contribution in [2.24, 2.45) is 5.73 Å². The van der Waals surface area contributed by atoms with E-state index in [2.05, 4.69) is 9.97 Å². The first kappa shape index (κ1) is 18.0. The highest BCUT2D eigenvalue weighted by molar-refractivity contribution is 5.98. The maximum atomic E-state index is 12.5. The molecule has 3 rings (SSSR count). The van der Waals surface area contributed by atoms with Crippen molar-refractivity contribution in [3.05, 3.63) is 22.0 Å². The van der Waals surface area contributed by atoms with E-state index in [0.29, 0.717) is 0 Å². The summed E-state index contributed by atoms with van der Waals surface area (Å²) >= 11 is 0. The molecule has 1 aliphatic heterocycles. The lowest BCUT2D eigenvalue weighted by Gasteiger charge is -2.29. The second-order valence-electron chi connectivity index (χ2n) is 6.19. The molecule has 1 aliphatic rings. The molecule has 0 radical (unpaired) electrons. The second kappa shape index (κ2) is 5.88. The van der Waals surface area contributed by atoms with Crippen molar-refractivity contribution in [2.45, 2.75) is 31.0 Å². The average Bonchev–Trinajstić information content (AvgIpc) is 2.77. The van der Waals surface area contributed by atoms with Crippen LogP contribution in [0.3, 0.4) is 0 Å². The first-order chi connectivity index (χ1) is 12.1. The molecule has 4 atom stereocenters. The van der Waals surface area contributed by atoms with E-state index in [0.717, 1.165) is 10.8 Å². The smallest absolute Gasteiger partial charge is 0.254 e. The molecule has 1 saturated heterocycles. The Kier molecular flexibility index (Phi) is 4.07. The van der Waals surface area contributed by atoms with Gasteiger partial charge in [0, 0.05) is 6.20 Å². The number of pyridine rings is 1. The molecule has 0 aliphatic carbocycles. The summed E-state index contributed by atoms with van der Waals surface area (Å²) in [7, 11) is 0. The molecular weight excluding hydrogens is 348 g/mol. The van der Waals surface area contributed by atoms with Crippen LogP contribution in [0.4, 0.5) is 11.8 Å². The number of nitrogen functional groups attached to an aromatic ring is 2. The number of aliphatic hydroxyl groups is 3. The number of hydrogen-bond acceptors (Lipinski definition) is 10. The number of aromatic nitrogens is 3. The number of carbonyl (C=O) groups is 1. The second-order valence-corrected chi connectivity index (χ2v) is 6.19. The van der Waals surface area contributed by atoms with Crippen LogP contribution in [0.2, 0.25) is 0 Å². The highest BCUT2D eigenvalue weighted by Crippen LogP contribution is 2.39. The molecule has 2 aromatic rings. The van der Waals surface area contributed by atoms with Gasteiger partial charge < -0.3 is 41.8 Å². The van der Waals surface area contributed by atoms with E-state index >= 15 is 0 Å². The van der Waals surface area contributed by atoms with Crippen molar-refractivity contribution in [3.63, 3.8) is 0 Å². The Hall–Kier alpha value is -2.80. The molecular formula is C14H18N6O6. The summed E-state index contributed by atoms with van der Waals surface area (Å²) in [6.07, 6.45) is -2.87. The number of hydrogen-bond donors (Lipinski definition) is 6. The highest BCUT2D eigenvalue weighted by Gasteiger charge is 2.53. The summed E-state index contributed by atoms with van der Waals surface area (Å²) in [4.78, 5) is 31.8. The van der Waals surface area contributed by atoms with E-state index in [4.69, 9.17) is 21.9 Å². The number of amides is 1. The zero-order valence-corrected chi connectivity index (χ0v) is 13.7. The number of ether oxygens (including phenoxy) is 1. The largest absolute Gasteiger partial charge is 0.394 e. The van der Waals surface area contributed by atoms with E-state index in [-0.39, 0.29) is 22.8 Å². The van der Waals surface area contributed by atoms with E-state index in [1.54, 1.807) is 0 Å². The number of nitrogens with two attached hydrogens (primary N) is 3. The topological polar surface area (TPSA) is 213 Å². The molecule has 0 spiro atoms. The van der Waals surface area contributed by atoms with Gasteiger partial charge in [0.05, 0.1) is 6.61 Å². The predicted octanol–water partition coefficient (Wildman–Crippen LogP) is -2.94. The minimum absolute atomic E-state index is 0.124. The maximum absolute atomic E-state index is 12.5. The van der Waals surface area contributed by atoms with E-state index in [1.807, 2.05) is 0 Å². The van der Waals surface area contributed by atoms with Crippen molar-refractivity contribution < 1.29 is 24.9 Å². The zero-order chi connectivity index (χ0) is 19.4. The summed E-state index contributed by atoms with van der Waals surface area (Å²) in [5, 5.41) is 29.9. The molecule has 0 saturated carbocycles. The number of nitrogens with zero attached hydrogens (tertiary/aromatic N) is 3. The van der Waals surface area contributed by atoms with Crippen LogP contribution in [0, 0.1) is 0 Å². The third-order valence-corrected chi connectivity index (χ3v) is 4.37. The third kappa shape index (κ3) is 2.47. The first-order valence-corrected chi connectivity index (χ1v) is 7.54. The molecule has 2 aromatic heterocycles. The minimum atomic E-state index is -1.90. The van der Waals surface area contributed by atoms with Crippen LogP contribution in [0.5, 0.6) is 0 Å². The van der Waals surface area contributed by atoms with Crippen molar-refractivity contribution in [1.82, 2.24) is 14.5 Å². The molecule has 3 unspecified atom stereocenters. The maximum Gasteiger partial charge on any atom is 0.254 e. The van der Waals surface area contributed by atoms with Gasteiger partial charge in [0.15, 0.2) is 11.9 Å². The molecule has 12 nitrogen and oxygen atoms in total. The van der Waals surface area contributed by atoms with Gasteiger partial charge in [-0.3, -0.25) is 9.59 Å². The normalized spacial score (nSPS) is 28.5. The predicted molar refractivity (Wildman–Crippen MR) is 88.8 cm³/mol. The third-order valence-electron chi connectivity index (χ3n) is 4.37. The zero-order valence-electron chi connectivity index (χ0n) is 13.7. The van der Waals surface area contributed by atoms with E-state index in [9.17, 15) is 24.9 Å². The summed E-state index contributed by atoms with van der Waals surface area (Å²) < 4.78 is 6.62. The first-order valence-electron chi connectivity index (χ1n) is 7.54. The van der Waals surface area contributed by atoms with Gasteiger partial charge in [-0.25, -0.2) is 0 Å². The van der Waals surface area contributed by atoms with Crippen LogP contribution < -0.4 is 22.6 Å². The SMILES string of the molecule is C[C@@]1(O)C(O)C(CO)OC1n1cc(C(N)=O)c(=O)c2c(N)nc(N)nc21. The Balaban J connectivity index is 2.38. The van der Waals surface area contributed by atoms with Gasteiger partial charge in [-0.05, 0) is 6.92 Å². The minimum Gasteiger partial charge on any atom is -0.394 e. The quantitative estimate of drug-likeness (QED) is 0.325. The van der Waals surface area contributed by atoms with Gasteiger partial charge in [-0.2, -0.15) is 9.97 Å². The van der Waals surface area contributed by atoms with Crippen molar-refractivity contribution in [3.8, 4) is 0 Å². The van der Waals surface area contributed by atoms with Crippen LogP contribution in [0.1, 0.15) is 23.5 Å². The summed E-state index contributed by atoms with van der Waals surface area (Å²) in [6.45, 7) is 0.688. The molecule has 0 aromatic carbocycles. The molecule has 1 fully saturated rings. The average molecular weight is 366 g/mol. The fourth-order valence-corrected chi connectivity index (χ4v) is 3.03. The lowest BCUT2D eigenvalue weighted by atomic mass is 9.96. The molecule has 0 bridgehead atoms. The molecule has 1 amide bonds. The summed E-state index contributed by atoms with van der Waals surface area (Å²) in [5.41, 5.74) is 13.3. The number of anilines is 2. The number of carbonyl (C=O) groups excluding carboxylic acids is 1. The summed E-state index contributed by atoms with van der Waals surface area (Å²) in [5.74, 6) is -1.59. The van der Waals surface area contributed by atoms with Crippen LogP contribution in [0.15, 0.2) is 11.0 Å². The van der Waals surface area contributed by atoms with Crippen LogP contribution >= 0.6 is 0 Å². The van der Waals surface area contributed by atoms with Crippen LogP contribution in [-0.2, 0) is 4.74 Å². The number of rotatable bonds is 3. The standard InChI is InChI=1S/C14H18N6O6/c1-14(25)8(23)5(3-21)26-12(14)20-2-4(10(16)24)7(22)6-9(15)18-13(17)19-11(6)20/h2,5,8,12,21,23,25H,3H2,1H3,(H2,16,24)(H4,15,17,18,19)/t5?,8?,12?,14-/m1/s1. The van der Waals surface area contributed by atoms with Gasteiger partial charge in [0.2, 0.25) is 11.4 Å². The summed E-state index contributed by atoms with van der Waals surface area (Å²) in [6, 6.07) is 0. The monoisotopic (exact) mass is 366 g/mol. The van der Waals surface area contributed by atoms with Crippen molar-refractivity contribution in [2.75, 3.05) is 18.1 Å². The number of primary amides is 1. The lowest BCUT2D eigenvalue weighted by molar-refractivity contribution is -0.0951. The molecule has 12 heteroatoms. The Morgan fingerprint density at radius 1 is 1.42 bits per heavy atom. The molecule has 9 N–H and O–H groups in total. The Bertz CT molecular complexity index is 957. The number of aliphatic hydroxyl groups excluding tert-OH is 2. The number of fused-ring (bicyclic) bond motifs is 1. The Morgan fingerprint density at radius 2 is 2.08 bits per heavy atom. The highest BCUT2D eigenvalue weighted by atomic mass is 16.6. The molecule has 140 valence electrons. The van der Waals surface area contributed by atoms with E-state index < -0.39 is 47.5 Å².